The molecule has 20 heavy (non-hydrogen) atoms. The first-order valence-electron chi connectivity index (χ1n) is 7.18. The van der Waals surface area contributed by atoms with Crippen LogP contribution in [-0.4, -0.2) is 36.0 Å². The molecule has 112 valence electrons. The topological polar surface area (TPSA) is 76.1 Å². The monoisotopic (exact) mass is 298 g/mol. The summed E-state index contributed by atoms with van der Waals surface area (Å²) in [5.41, 5.74) is 0. The largest absolute Gasteiger partial charge is 0.381 e. The van der Waals surface area contributed by atoms with Crippen LogP contribution in [0, 0.1) is 5.92 Å². The predicted octanol–water partition coefficient (Wildman–Crippen LogP) is 2.60. The maximum Gasteiger partial charge on any atom is 0.321 e. The first-order valence-corrected chi connectivity index (χ1v) is 8.00. The summed E-state index contributed by atoms with van der Waals surface area (Å²) < 4.78 is 5.27. The van der Waals surface area contributed by atoms with E-state index in [9.17, 15) is 4.79 Å². The molecule has 1 atom stereocenters. The van der Waals surface area contributed by atoms with Gasteiger partial charge in [0.05, 0.1) is 6.61 Å². The zero-order valence-corrected chi connectivity index (χ0v) is 12.8. The van der Waals surface area contributed by atoms with Crippen LogP contribution in [0.2, 0.25) is 0 Å². The number of nitrogens with one attached hydrogen (secondary N) is 2. The third kappa shape index (κ3) is 4.14. The van der Waals surface area contributed by atoms with Crippen LogP contribution in [0.25, 0.3) is 0 Å². The summed E-state index contributed by atoms with van der Waals surface area (Å²) in [7, 11) is 0. The fourth-order valence-electron chi connectivity index (χ4n) is 2.21. The molecule has 0 spiro atoms. The zero-order chi connectivity index (χ0) is 14.4. The average molecular weight is 298 g/mol. The number of nitrogens with zero attached hydrogens (tertiary/aromatic N) is 2. The molecule has 0 saturated carbocycles. The number of urea groups is 1. The average Bonchev–Trinajstić information content (AvgIpc) is 3.10. The van der Waals surface area contributed by atoms with E-state index in [0.29, 0.717) is 23.5 Å². The molecule has 0 unspecified atom stereocenters. The Labute approximate surface area is 123 Å². The van der Waals surface area contributed by atoms with Crippen LogP contribution in [0.3, 0.4) is 0 Å². The summed E-state index contributed by atoms with van der Waals surface area (Å²) in [6, 6.07) is -0.218. The predicted molar refractivity (Wildman–Crippen MR) is 79.2 cm³/mol. The van der Waals surface area contributed by atoms with Crippen LogP contribution in [0.1, 0.15) is 44.0 Å². The first kappa shape index (κ1) is 15.2. The summed E-state index contributed by atoms with van der Waals surface area (Å²) in [5, 5.41) is 15.3. The lowest BCUT2D eigenvalue weighted by atomic mass is 10.1. The number of carbonyl (C=O) groups excluding carboxylic acids is 1. The molecule has 2 rings (SSSR count). The second kappa shape index (κ2) is 7.54. The number of ether oxygens (including phenoxy) is 1. The number of amides is 2. The van der Waals surface area contributed by atoms with Crippen molar-refractivity contribution < 1.29 is 9.53 Å². The van der Waals surface area contributed by atoms with Crippen molar-refractivity contribution >= 4 is 22.5 Å². The molecular formula is C13H22N4O2S. The van der Waals surface area contributed by atoms with E-state index in [-0.39, 0.29) is 6.03 Å². The molecule has 7 heteroatoms. The molecule has 0 aromatic carbocycles. The molecule has 1 aromatic rings. The molecule has 0 bridgehead atoms. The molecule has 1 aliphatic rings. The lowest BCUT2D eigenvalue weighted by molar-refractivity contribution is 0.185. The number of hydrogen-bond acceptors (Lipinski definition) is 5. The fourth-order valence-corrected chi connectivity index (χ4v) is 3.22. The van der Waals surface area contributed by atoms with Crippen molar-refractivity contribution in [3.8, 4) is 0 Å². The molecule has 2 N–H and O–H groups in total. The lowest BCUT2D eigenvalue weighted by Crippen LogP contribution is -2.33. The van der Waals surface area contributed by atoms with Gasteiger partial charge in [-0.05, 0) is 19.3 Å². The zero-order valence-electron chi connectivity index (χ0n) is 12.0. The minimum absolute atomic E-state index is 0.218. The fraction of sp³-hybridized carbons (Fsp3) is 0.769. The first-order chi connectivity index (χ1) is 9.72. The van der Waals surface area contributed by atoms with E-state index in [0.717, 1.165) is 37.5 Å². The number of carbonyl (C=O) groups is 1. The number of aromatic nitrogens is 2. The molecule has 1 aliphatic heterocycles. The van der Waals surface area contributed by atoms with Gasteiger partial charge in [0, 0.05) is 25.0 Å². The molecular weight excluding hydrogens is 276 g/mol. The van der Waals surface area contributed by atoms with Crippen molar-refractivity contribution in [3.63, 3.8) is 0 Å². The van der Waals surface area contributed by atoms with Gasteiger partial charge in [-0.1, -0.05) is 25.2 Å². The Morgan fingerprint density at radius 2 is 2.25 bits per heavy atom. The summed E-state index contributed by atoms with van der Waals surface area (Å²) in [5.74, 6) is 0.858. The summed E-state index contributed by atoms with van der Waals surface area (Å²) in [6.07, 6.45) is 3.09. The quantitative estimate of drug-likeness (QED) is 0.846. The molecule has 1 aromatic heterocycles. The van der Waals surface area contributed by atoms with Gasteiger partial charge < -0.3 is 10.1 Å². The summed E-state index contributed by atoms with van der Waals surface area (Å²) in [4.78, 5) is 11.8. The van der Waals surface area contributed by atoms with Gasteiger partial charge in [-0.3, -0.25) is 5.32 Å². The van der Waals surface area contributed by atoms with E-state index in [1.807, 2.05) is 0 Å². The van der Waals surface area contributed by atoms with E-state index in [1.54, 1.807) is 0 Å². The molecule has 6 nitrogen and oxygen atoms in total. The Kier molecular flexibility index (Phi) is 5.72. The second-order valence-corrected chi connectivity index (χ2v) is 6.03. The minimum atomic E-state index is -0.218. The SMILES string of the molecule is CCC(CC)c1nnc(NC(=O)NC[C@@H]2CCOC2)s1. The van der Waals surface area contributed by atoms with E-state index in [4.69, 9.17) is 4.74 Å². The van der Waals surface area contributed by atoms with Crippen molar-refractivity contribution in [3.05, 3.63) is 5.01 Å². The van der Waals surface area contributed by atoms with Crippen LogP contribution in [-0.2, 0) is 4.74 Å². The van der Waals surface area contributed by atoms with Gasteiger partial charge in [0.25, 0.3) is 0 Å². The minimum Gasteiger partial charge on any atom is -0.381 e. The van der Waals surface area contributed by atoms with Crippen LogP contribution in [0.5, 0.6) is 0 Å². The standard InChI is InChI=1S/C13H22N4O2S/c1-3-10(4-2)11-16-17-13(20-11)15-12(18)14-7-9-5-6-19-8-9/h9-10H,3-8H2,1-2H3,(H2,14,15,17,18)/t9-/m0/s1. The molecule has 1 fully saturated rings. The van der Waals surface area contributed by atoms with Gasteiger partial charge >= 0.3 is 6.03 Å². The third-order valence-electron chi connectivity index (χ3n) is 3.57. The Morgan fingerprint density at radius 3 is 2.90 bits per heavy atom. The second-order valence-electron chi connectivity index (χ2n) is 5.02. The van der Waals surface area contributed by atoms with E-state index < -0.39 is 0 Å². The highest BCUT2D eigenvalue weighted by molar-refractivity contribution is 7.15. The highest BCUT2D eigenvalue weighted by atomic mass is 32.1. The van der Waals surface area contributed by atoms with Crippen molar-refractivity contribution in [2.75, 3.05) is 25.1 Å². The number of anilines is 1. The van der Waals surface area contributed by atoms with Gasteiger partial charge in [0.15, 0.2) is 0 Å². The molecule has 2 amide bonds. The highest BCUT2D eigenvalue weighted by Crippen LogP contribution is 2.27. The van der Waals surface area contributed by atoms with Crippen molar-refractivity contribution in [2.45, 2.75) is 39.0 Å². The normalized spacial score (nSPS) is 18.4. The van der Waals surface area contributed by atoms with E-state index in [1.165, 1.54) is 11.3 Å². The maximum atomic E-state index is 11.8. The van der Waals surface area contributed by atoms with Crippen molar-refractivity contribution in [1.29, 1.82) is 0 Å². The van der Waals surface area contributed by atoms with Gasteiger partial charge in [0.1, 0.15) is 5.01 Å². The summed E-state index contributed by atoms with van der Waals surface area (Å²) in [6.45, 7) is 6.45. The Bertz CT molecular complexity index is 428. The van der Waals surface area contributed by atoms with Gasteiger partial charge in [-0.25, -0.2) is 4.79 Å². The third-order valence-corrected chi connectivity index (χ3v) is 4.57. The number of rotatable bonds is 6. The molecule has 0 radical (unpaired) electrons. The Balaban J connectivity index is 1.78. The van der Waals surface area contributed by atoms with Crippen LogP contribution < -0.4 is 10.6 Å². The van der Waals surface area contributed by atoms with E-state index >= 15 is 0 Å². The van der Waals surface area contributed by atoms with Crippen LogP contribution in [0.15, 0.2) is 0 Å². The lowest BCUT2D eigenvalue weighted by Gasteiger charge is -2.09. The Hall–Kier alpha value is -1.21. The summed E-state index contributed by atoms with van der Waals surface area (Å²) >= 11 is 1.46. The van der Waals surface area contributed by atoms with Gasteiger partial charge in [-0.2, -0.15) is 0 Å². The van der Waals surface area contributed by atoms with Crippen LogP contribution >= 0.6 is 11.3 Å². The molecule has 1 saturated heterocycles. The van der Waals surface area contributed by atoms with Gasteiger partial charge in [0.2, 0.25) is 5.13 Å². The highest BCUT2D eigenvalue weighted by Gasteiger charge is 2.17. The smallest absolute Gasteiger partial charge is 0.321 e. The van der Waals surface area contributed by atoms with Crippen LogP contribution in [0.4, 0.5) is 9.93 Å². The molecule has 2 heterocycles. The van der Waals surface area contributed by atoms with Crippen molar-refractivity contribution in [1.82, 2.24) is 15.5 Å². The number of hydrogen-bond donors (Lipinski definition) is 2. The van der Waals surface area contributed by atoms with E-state index in [2.05, 4.69) is 34.7 Å². The molecule has 0 aliphatic carbocycles. The van der Waals surface area contributed by atoms with Gasteiger partial charge in [-0.15, -0.1) is 10.2 Å². The van der Waals surface area contributed by atoms with Crippen molar-refractivity contribution in [2.24, 2.45) is 5.92 Å². The maximum absolute atomic E-state index is 11.8. The Morgan fingerprint density at radius 1 is 1.45 bits per heavy atom.